The molecular formula is C26H26N6O5. The lowest BCUT2D eigenvalue weighted by Crippen LogP contribution is -2.64. The highest BCUT2D eigenvalue weighted by atomic mass is 16.6. The average Bonchev–Trinajstić information content (AvgIpc) is 3.58. The molecule has 7 rings (SSSR count). The summed E-state index contributed by atoms with van der Waals surface area (Å²) in [5, 5.41) is 13.2. The van der Waals surface area contributed by atoms with Crippen LogP contribution in [0.4, 0.5) is 17.2 Å². The number of nitrogens with zero attached hydrogens (tertiary/aromatic N) is 5. The van der Waals surface area contributed by atoms with Crippen LogP contribution in [-0.4, -0.2) is 70.8 Å². The zero-order chi connectivity index (χ0) is 25.5. The largest absolute Gasteiger partial charge is 0.365 e. The fourth-order valence-corrected chi connectivity index (χ4v) is 6.47. The van der Waals surface area contributed by atoms with E-state index in [0.29, 0.717) is 18.4 Å². The van der Waals surface area contributed by atoms with Crippen LogP contribution in [-0.2, 0) is 19.8 Å². The van der Waals surface area contributed by atoms with Gasteiger partial charge in [0.15, 0.2) is 6.20 Å². The van der Waals surface area contributed by atoms with E-state index >= 15 is 0 Å². The third-order valence-electron chi connectivity index (χ3n) is 8.73. The Morgan fingerprint density at radius 2 is 1.84 bits per heavy atom. The SMILES string of the molecule is O=C1CCC(N2C(=O)C3(CC3)c3c(C4CN(C5CN(c6ccc([N+](=O)[O-])nc6)C5)C4)cccc32)C(=O)N1. The van der Waals surface area contributed by atoms with Crippen molar-refractivity contribution in [3.8, 4) is 0 Å². The summed E-state index contributed by atoms with van der Waals surface area (Å²) >= 11 is 0. The van der Waals surface area contributed by atoms with Gasteiger partial charge in [0.2, 0.25) is 17.7 Å². The van der Waals surface area contributed by atoms with Crippen LogP contribution in [0.25, 0.3) is 0 Å². The maximum Gasteiger partial charge on any atom is 0.363 e. The minimum atomic E-state index is -0.632. The van der Waals surface area contributed by atoms with Crippen LogP contribution < -0.4 is 15.1 Å². The van der Waals surface area contributed by atoms with Crippen molar-refractivity contribution in [3.05, 3.63) is 57.8 Å². The van der Waals surface area contributed by atoms with Crippen molar-refractivity contribution < 1.29 is 19.3 Å². The number of amides is 3. The van der Waals surface area contributed by atoms with Crippen molar-refractivity contribution in [1.82, 2.24) is 15.2 Å². The number of aromatic nitrogens is 1. The fraction of sp³-hybridized carbons (Fsp3) is 0.462. The highest BCUT2D eigenvalue weighted by Crippen LogP contribution is 2.60. The molecule has 1 aromatic carbocycles. The van der Waals surface area contributed by atoms with Crippen molar-refractivity contribution in [2.75, 3.05) is 36.0 Å². The summed E-state index contributed by atoms with van der Waals surface area (Å²) in [4.78, 5) is 58.5. The normalized spacial score (nSPS) is 25.1. The number of fused-ring (bicyclic) bond motifs is 2. The molecule has 2 aromatic rings. The molecule has 190 valence electrons. The number of hydrogen-bond acceptors (Lipinski definition) is 8. The number of nitrogens with one attached hydrogen (secondary N) is 1. The van der Waals surface area contributed by atoms with Crippen molar-refractivity contribution >= 4 is 34.9 Å². The lowest BCUT2D eigenvalue weighted by molar-refractivity contribution is -0.389. The number of carbonyl (C=O) groups is 3. The molecule has 3 amide bonds. The van der Waals surface area contributed by atoms with Crippen molar-refractivity contribution in [2.24, 2.45) is 0 Å². The number of benzene rings is 1. The number of nitro groups is 1. The fourth-order valence-electron chi connectivity index (χ4n) is 6.47. The maximum atomic E-state index is 13.6. The molecule has 5 aliphatic rings. The Morgan fingerprint density at radius 1 is 1.05 bits per heavy atom. The van der Waals surface area contributed by atoms with Gasteiger partial charge in [0.25, 0.3) is 0 Å². The molecule has 1 spiro atoms. The summed E-state index contributed by atoms with van der Waals surface area (Å²) in [6.45, 7) is 3.53. The number of imide groups is 1. The topological polar surface area (TPSA) is 129 Å². The first-order valence-electron chi connectivity index (χ1n) is 12.8. The number of anilines is 2. The average molecular weight is 503 g/mol. The summed E-state index contributed by atoms with van der Waals surface area (Å²) in [6.07, 6.45) is 3.76. The second-order valence-electron chi connectivity index (χ2n) is 10.8. The number of piperidine rings is 1. The Morgan fingerprint density at radius 3 is 2.49 bits per heavy atom. The van der Waals surface area contributed by atoms with Gasteiger partial charge in [-0.2, -0.15) is 0 Å². The Hall–Kier alpha value is -3.86. The van der Waals surface area contributed by atoms with Gasteiger partial charge in [0.05, 0.1) is 11.1 Å². The Bertz CT molecular complexity index is 1340. The molecule has 11 heteroatoms. The molecule has 5 heterocycles. The predicted molar refractivity (Wildman–Crippen MR) is 132 cm³/mol. The van der Waals surface area contributed by atoms with Gasteiger partial charge in [-0.05, 0) is 52.4 Å². The first kappa shape index (κ1) is 22.3. The molecule has 1 aromatic heterocycles. The van der Waals surface area contributed by atoms with E-state index in [-0.39, 0.29) is 30.0 Å². The summed E-state index contributed by atoms with van der Waals surface area (Å²) < 4.78 is 0. The van der Waals surface area contributed by atoms with Crippen LogP contribution in [0.2, 0.25) is 0 Å². The second kappa shape index (κ2) is 7.82. The minimum absolute atomic E-state index is 0.00645. The van der Waals surface area contributed by atoms with Gasteiger partial charge >= 0.3 is 5.82 Å². The van der Waals surface area contributed by atoms with Gasteiger partial charge in [-0.1, -0.05) is 12.1 Å². The van der Waals surface area contributed by atoms with Crippen LogP contribution in [0, 0.1) is 10.1 Å². The third kappa shape index (κ3) is 3.29. The Labute approximate surface area is 212 Å². The Balaban J connectivity index is 1.05. The van der Waals surface area contributed by atoms with E-state index in [4.69, 9.17) is 0 Å². The molecule has 1 atom stereocenters. The van der Waals surface area contributed by atoms with E-state index in [1.54, 1.807) is 17.2 Å². The van der Waals surface area contributed by atoms with E-state index in [9.17, 15) is 24.5 Å². The molecule has 1 saturated carbocycles. The number of carbonyl (C=O) groups excluding carboxylic acids is 3. The molecule has 0 bridgehead atoms. The summed E-state index contributed by atoms with van der Waals surface area (Å²) in [6, 6.07) is 9.03. The molecule has 0 radical (unpaired) electrons. The van der Waals surface area contributed by atoms with Crippen LogP contribution in [0.1, 0.15) is 42.7 Å². The summed E-state index contributed by atoms with van der Waals surface area (Å²) in [5.74, 6) is -0.475. The first-order valence-corrected chi connectivity index (χ1v) is 12.8. The number of hydrogen-bond donors (Lipinski definition) is 1. The molecule has 1 unspecified atom stereocenters. The lowest BCUT2D eigenvalue weighted by Gasteiger charge is -2.52. The molecule has 1 N–H and O–H groups in total. The van der Waals surface area contributed by atoms with Gasteiger partial charge in [-0.25, -0.2) is 0 Å². The number of likely N-dealkylation sites (tertiary alicyclic amines) is 1. The zero-order valence-corrected chi connectivity index (χ0v) is 20.1. The van der Waals surface area contributed by atoms with Gasteiger partial charge in [0.1, 0.15) is 6.04 Å². The number of rotatable bonds is 5. The smallest absolute Gasteiger partial charge is 0.363 e. The summed E-state index contributed by atoms with van der Waals surface area (Å²) in [7, 11) is 0. The number of pyridine rings is 1. The van der Waals surface area contributed by atoms with Gasteiger partial charge in [-0.3, -0.25) is 29.5 Å². The highest BCUT2D eigenvalue weighted by Gasteiger charge is 2.62. The van der Waals surface area contributed by atoms with E-state index in [1.807, 2.05) is 12.1 Å². The van der Waals surface area contributed by atoms with Gasteiger partial charge in [0, 0.05) is 56.3 Å². The van der Waals surface area contributed by atoms with Gasteiger partial charge in [-0.15, -0.1) is 0 Å². The molecule has 4 aliphatic heterocycles. The molecule has 37 heavy (non-hydrogen) atoms. The molecular weight excluding hydrogens is 476 g/mol. The predicted octanol–water partition coefficient (Wildman–Crippen LogP) is 1.46. The van der Waals surface area contributed by atoms with Crippen molar-refractivity contribution in [2.45, 2.75) is 49.1 Å². The van der Waals surface area contributed by atoms with Crippen LogP contribution in [0.3, 0.4) is 0 Å². The molecule has 11 nitrogen and oxygen atoms in total. The molecule has 1 aliphatic carbocycles. The zero-order valence-electron chi connectivity index (χ0n) is 20.1. The minimum Gasteiger partial charge on any atom is -0.365 e. The van der Waals surface area contributed by atoms with Crippen LogP contribution >= 0.6 is 0 Å². The van der Waals surface area contributed by atoms with E-state index in [2.05, 4.69) is 26.2 Å². The van der Waals surface area contributed by atoms with E-state index in [1.165, 1.54) is 11.6 Å². The van der Waals surface area contributed by atoms with Crippen molar-refractivity contribution in [3.63, 3.8) is 0 Å². The maximum absolute atomic E-state index is 13.6. The van der Waals surface area contributed by atoms with Crippen LogP contribution in [0.5, 0.6) is 0 Å². The third-order valence-corrected chi connectivity index (χ3v) is 8.73. The second-order valence-corrected chi connectivity index (χ2v) is 10.8. The Kier molecular flexibility index (Phi) is 4.72. The summed E-state index contributed by atoms with van der Waals surface area (Å²) in [5.41, 5.74) is 3.53. The van der Waals surface area contributed by atoms with E-state index < -0.39 is 16.4 Å². The molecule has 3 saturated heterocycles. The standard InChI is InChI=1S/C26H26N6O5/c33-22-7-5-20(24(34)28-22)31-19-3-1-2-18(23(19)26(8-9-26)25(31)35)15-11-29(12-15)17-13-30(14-17)16-4-6-21(27-10-16)32(36)37/h1-4,6,10,15,17,20H,5,7-9,11-14H2,(H,28,33,34). The lowest BCUT2D eigenvalue weighted by atomic mass is 9.81. The van der Waals surface area contributed by atoms with Crippen molar-refractivity contribution in [1.29, 1.82) is 0 Å². The monoisotopic (exact) mass is 502 g/mol. The quantitative estimate of drug-likeness (QED) is 0.370. The van der Waals surface area contributed by atoms with E-state index in [0.717, 1.165) is 56.0 Å². The first-order chi connectivity index (χ1) is 17.9. The molecule has 4 fully saturated rings. The highest BCUT2D eigenvalue weighted by molar-refractivity contribution is 6.15. The van der Waals surface area contributed by atoms with Gasteiger partial charge < -0.3 is 15.0 Å². The van der Waals surface area contributed by atoms with Crippen LogP contribution in [0.15, 0.2) is 36.5 Å².